The van der Waals surface area contributed by atoms with Crippen molar-refractivity contribution in [2.45, 2.75) is 19.3 Å². The van der Waals surface area contributed by atoms with Crippen molar-refractivity contribution in [2.75, 3.05) is 11.9 Å². The molecule has 1 aliphatic heterocycles. The predicted molar refractivity (Wildman–Crippen MR) is 83.3 cm³/mol. The molecule has 4 heteroatoms. The van der Waals surface area contributed by atoms with E-state index in [0.29, 0.717) is 6.42 Å². The molecule has 0 saturated heterocycles. The van der Waals surface area contributed by atoms with Crippen molar-refractivity contribution in [3.05, 3.63) is 50.1 Å². The molecule has 2 heterocycles. The summed E-state index contributed by atoms with van der Waals surface area (Å²) in [5.74, 6) is 0.197. The summed E-state index contributed by atoms with van der Waals surface area (Å²) in [6.45, 7) is 1.03. The first-order chi connectivity index (χ1) is 9.22. The minimum atomic E-state index is 0.197. The van der Waals surface area contributed by atoms with E-state index >= 15 is 0 Å². The molecule has 2 nitrogen and oxygen atoms in total. The second kappa shape index (κ2) is 5.47. The number of fused-ring (bicyclic) bond motifs is 1. The average Bonchev–Trinajstić information content (AvgIpc) is 2.83. The van der Waals surface area contributed by atoms with Crippen molar-refractivity contribution in [2.24, 2.45) is 0 Å². The number of carbonyl (C=O) groups is 1. The van der Waals surface area contributed by atoms with Crippen LogP contribution < -0.4 is 5.32 Å². The minimum absolute atomic E-state index is 0.197. The average molecular weight is 336 g/mol. The third-order valence-corrected chi connectivity index (χ3v) is 4.95. The largest absolute Gasteiger partial charge is 0.385 e. The Morgan fingerprint density at radius 1 is 1.32 bits per heavy atom. The minimum Gasteiger partial charge on any atom is -0.385 e. The van der Waals surface area contributed by atoms with E-state index in [2.05, 4.69) is 21.2 Å². The van der Waals surface area contributed by atoms with Gasteiger partial charge in [0.15, 0.2) is 5.78 Å². The molecule has 0 fully saturated rings. The van der Waals surface area contributed by atoms with Crippen LogP contribution in [0, 0.1) is 0 Å². The lowest BCUT2D eigenvalue weighted by Gasteiger charge is -2.18. The molecule has 0 spiro atoms. The third kappa shape index (κ3) is 2.90. The van der Waals surface area contributed by atoms with Gasteiger partial charge in [-0.25, -0.2) is 0 Å². The van der Waals surface area contributed by atoms with E-state index in [1.54, 1.807) is 11.3 Å². The fourth-order valence-corrected chi connectivity index (χ4v) is 3.84. The van der Waals surface area contributed by atoms with E-state index in [1.165, 1.54) is 11.3 Å². The molecule has 98 valence electrons. The van der Waals surface area contributed by atoms with Gasteiger partial charge in [0.25, 0.3) is 0 Å². The number of nitrogens with one attached hydrogen (secondary N) is 1. The molecule has 3 rings (SSSR count). The highest BCUT2D eigenvalue weighted by atomic mass is 79.9. The van der Waals surface area contributed by atoms with Crippen LogP contribution in [0.25, 0.3) is 0 Å². The molecule has 0 atom stereocenters. The first-order valence-electron chi connectivity index (χ1n) is 6.36. The van der Waals surface area contributed by atoms with Gasteiger partial charge in [0.05, 0.1) is 3.79 Å². The fraction of sp³-hybridized carbons (Fsp3) is 0.267. The molecule has 0 radical (unpaired) electrons. The summed E-state index contributed by atoms with van der Waals surface area (Å²) < 4.78 is 1.07. The summed E-state index contributed by atoms with van der Waals surface area (Å²) in [6, 6.07) is 10.0. The predicted octanol–water partition coefficient (Wildman–Crippen LogP) is 4.29. The topological polar surface area (TPSA) is 29.1 Å². The molecule has 0 saturated carbocycles. The van der Waals surface area contributed by atoms with Crippen LogP contribution in [0.5, 0.6) is 0 Å². The second-order valence-corrected chi connectivity index (χ2v) is 7.26. The number of benzene rings is 1. The zero-order valence-corrected chi connectivity index (χ0v) is 12.8. The Bertz CT molecular complexity index is 620. The summed E-state index contributed by atoms with van der Waals surface area (Å²) >= 11 is 5.05. The SMILES string of the molecule is O=C(Cc1ccc(Br)s1)c1ccc2c(c1)CCCN2. The highest BCUT2D eigenvalue weighted by molar-refractivity contribution is 9.11. The summed E-state index contributed by atoms with van der Waals surface area (Å²) in [5.41, 5.74) is 3.28. The van der Waals surface area contributed by atoms with Gasteiger partial charge < -0.3 is 5.32 Å². The number of hydrogen-bond donors (Lipinski definition) is 1. The highest BCUT2D eigenvalue weighted by Crippen LogP contribution is 2.26. The van der Waals surface area contributed by atoms with Crippen LogP contribution in [0.2, 0.25) is 0 Å². The molecule has 1 aromatic heterocycles. The van der Waals surface area contributed by atoms with Gasteiger partial charge in [0.2, 0.25) is 0 Å². The standard InChI is InChI=1S/C15H14BrNOS/c16-15-6-4-12(19-15)9-14(18)11-3-5-13-10(8-11)2-1-7-17-13/h3-6,8,17H,1-2,7,9H2. The van der Waals surface area contributed by atoms with Crippen LogP contribution in [0.15, 0.2) is 34.1 Å². The van der Waals surface area contributed by atoms with Gasteiger partial charge in [-0.3, -0.25) is 4.79 Å². The van der Waals surface area contributed by atoms with E-state index in [0.717, 1.165) is 33.6 Å². The Kier molecular flexibility index (Phi) is 3.71. The number of carbonyl (C=O) groups excluding carboxylic acids is 1. The van der Waals surface area contributed by atoms with E-state index in [9.17, 15) is 4.79 Å². The zero-order chi connectivity index (χ0) is 13.2. The molecule has 1 N–H and O–H groups in total. The number of hydrogen-bond acceptors (Lipinski definition) is 3. The van der Waals surface area contributed by atoms with Crippen molar-refractivity contribution >= 4 is 38.7 Å². The molecule has 0 unspecified atom stereocenters. The zero-order valence-electron chi connectivity index (χ0n) is 10.4. The molecule has 2 aromatic rings. The maximum atomic E-state index is 12.3. The fourth-order valence-electron chi connectivity index (χ4n) is 2.36. The molecule has 1 aromatic carbocycles. The molecular weight excluding hydrogens is 322 g/mol. The van der Waals surface area contributed by atoms with Gasteiger partial charge in [0, 0.05) is 29.1 Å². The lowest BCUT2D eigenvalue weighted by Crippen LogP contribution is -2.13. The van der Waals surface area contributed by atoms with Gasteiger partial charge >= 0.3 is 0 Å². The number of rotatable bonds is 3. The van der Waals surface area contributed by atoms with Crippen molar-refractivity contribution in [3.63, 3.8) is 0 Å². The third-order valence-electron chi connectivity index (χ3n) is 3.33. The highest BCUT2D eigenvalue weighted by Gasteiger charge is 2.13. The quantitative estimate of drug-likeness (QED) is 0.847. The number of halogens is 1. The van der Waals surface area contributed by atoms with Crippen LogP contribution in [-0.2, 0) is 12.8 Å². The normalized spacial score (nSPS) is 13.7. The summed E-state index contributed by atoms with van der Waals surface area (Å²) in [6.07, 6.45) is 2.69. The lowest BCUT2D eigenvalue weighted by molar-refractivity contribution is 0.0993. The molecular formula is C15H14BrNOS. The summed E-state index contributed by atoms with van der Waals surface area (Å²) in [7, 11) is 0. The van der Waals surface area contributed by atoms with Gasteiger partial charge in [-0.1, -0.05) is 0 Å². The second-order valence-electron chi connectivity index (χ2n) is 4.71. The van der Waals surface area contributed by atoms with Gasteiger partial charge in [-0.15, -0.1) is 11.3 Å². The van der Waals surface area contributed by atoms with E-state index < -0.39 is 0 Å². The Labute approximate surface area is 125 Å². The smallest absolute Gasteiger partial charge is 0.168 e. The molecule has 19 heavy (non-hydrogen) atoms. The Balaban J connectivity index is 1.80. The van der Waals surface area contributed by atoms with Crippen LogP contribution in [0.1, 0.15) is 27.2 Å². The van der Waals surface area contributed by atoms with Crippen LogP contribution >= 0.6 is 27.3 Å². The first-order valence-corrected chi connectivity index (χ1v) is 7.97. The van der Waals surface area contributed by atoms with Crippen molar-refractivity contribution < 1.29 is 4.79 Å². The maximum Gasteiger partial charge on any atom is 0.168 e. The molecule has 0 bridgehead atoms. The number of ketones is 1. The van der Waals surface area contributed by atoms with Gasteiger partial charge in [-0.2, -0.15) is 0 Å². The number of thiophene rings is 1. The summed E-state index contributed by atoms with van der Waals surface area (Å²) in [5, 5.41) is 3.37. The van der Waals surface area contributed by atoms with Crippen molar-refractivity contribution in [3.8, 4) is 0 Å². The van der Waals surface area contributed by atoms with E-state index in [-0.39, 0.29) is 5.78 Å². The van der Waals surface area contributed by atoms with Gasteiger partial charge in [0.1, 0.15) is 0 Å². The number of anilines is 1. The van der Waals surface area contributed by atoms with E-state index in [4.69, 9.17) is 0 Å². The number of Topliss-reactive ketones (excluding diaryl/α,β-unsaturated/α-hetero) is 1. The summed E-state index contributed by atoms with van der Waals surface area (Å²) in [4.78, 5) is 13.4. The Morgan fingerprint density at radius 2 is 2.21 bits per heavy atom. The Morgan fingerprint density at radius 3 is 3.00 bits per heavy atom. The van der Waals surface area contributed by atoms with Crippen molar-refractivity contribution in [1.29, 1.82) is 0 Å². The maximum absolute atomic E-state index is 12.3. The molecule has 1 aliphatic rings. The lowest BCUT2D eigenvalue weighted by atomic mass is 9.98. The van der Waals surface area contributed by atoms with Crippen molar-refractivity contribution in [1.82, 2.24) is 0 Å². The van der Waals surface area contributed by atoms with Crippen LogP contribution in [-0.4, -0.2) is 12.3 Å². The van der Waals surface area contributed by atoms with E-state index in [1.807, 2.05) is 30.3 Å². The molecule has 0 aliphatic carbocycles. The molecule has 0 amide bonds. The van der Waals surface area contributed by atoms with Crippen LogP contribution in [0.4, 0.5) is 5.69 Å². The first kappa shape index (κ1) is 12.9. The van der Waals surface area contributed by atoms with Gasteiger partial charge in [-0.05, 0) is 64.7 Å². The van der Waals surface area contributed by atoms with Crippen LogP contribution in [0.3, 0.4) is 0 Å². The number of aryl methyl sites for hydroxylation is 1. The monoisotopic (exact) mass is 335 g/mol. The Hall–Kier alpha value is -1.13.